The van der Waals surface area contributed by atoms with E-state index in [2.05, 4.69) is 0 Å². The van der Waals surface area contributed by atoms with Gasteiger partial charge in [-0.15, -0.1) is 0 Å². The van der Waals surface area contributed by atoms with Crippen molar-refractivity contribution < 1.29 is 14.5 Å². The summed E-state index contributed by atoms with van der Waals surface area (Å²) in [6.07, 6.45) is 0.621. The molecule has 162 valence electrons. The van der Waals surface area contributed by atoms with E-state index in [4.69, 9.17) is 0 Å². The van der Waals surface area contributed by atoms with Gasteiger partial charge in [0.25, 0.3) is 5.69 Å². The van der Waals surface area contributed by atoms with Crippen molar-refractivity contribution in [2.24, 2.45) is 0 Å². The van der Waals surface area contributed by atoms with Crippen LogP contribution in [-0.2, 0) is 22.6 Å². The number of amides is 2. The minimum atomic E-state index is -0.771. The molecule has 2 amide bonds. The second-order valence-corrected chi connectivity index (χ2v) is 7.76. The van der Waals surface area contributed by atoms with Gasteiger partial charge in [0.2, 0.25) is 11.8 Å². The van der Waals surface area contributed by atoms with Crippen LogP contribution in [0.15, 0.2) is 78.9 Å². The summed E-state index contributed by atoms with van der Waals surface area (Å²) in [4.78, 5) is 40.4. The number of fused-ring (bicyclic) bond motifs is 1. The SMILES string of the molecule is CC(C(=O)N(Cc1ccccc1)c1ccccc1)N1C(=O)CCc2cc([N+](=O)[O-])ccc21. The number of para-hydroxylation sites is 1. The molecule has 0 radical (unpaired) electrons. The molecule has 3 aromatic carbocycles. The van der Waals surface area contributed by atoms with E-state index in [1.165, 1.54) is 17.0 Å². The van der Waals surface area contributed by atoms with Gasteiger partial charge in [-0.2, -0.15) is 0 Å². The Morgan fingerprint density at radius 1 is 1.03 bits per heavy atom. The third-order valence-electron chi connectivity index (χ3n) is 5.67. The number of carbonyl (C=O) groups excluding carboxylic acids is 2. The Morgan fingerprint density at radius 3 is 2.34 bits per heavy atom. The van der Waals surface area contributed by atoms with Gasteiger partial charge in [0.05, 0.1) is 11.5 Å². The molecule has 7 heteroatoms. The molecular formula is C25H23N3O4. The smallest absolute Gasteiger partial charge is 0.269 e. The number of hydrogen-bond acceptors (Lipinski definition) is 4. The van der Waals surface area contributed by atoms with E-state index in [-0.39, 0.29) is 23.9 Å². The van der Waals surface area contributed by atoms with Gasteiger partial charge in [-0.1, -0.05) is 48.5 Å². The average Bonchev–Trinajstić information content (AvgIpc) is 2.82. The summed E-state index contributed by atoms with van der Waals surface area (Å²) in [6, 6.07) is 22.7. The molecule has 0 aliphatic carbocycles. The lowest BCUT2D eigenvalue weighted by atomic mass is 9.98. The van der Waals surface area contributed by atoms with Crippen molar-refractivity contribution >= 4 is 28.9 Å². The zero-order valence-corrected chi connectivity index (χ0v) is 17.7. The van der Waals surface area contributed by atoms with Gasteiger partial charge in [0.15, 0.2) is 0 Å². The number of anilines is 2. The molecule has 1 aliphatic heterocycles. The summed E-state index contributed by atoms with van der Waals surface area (Å²) in [6.45, 7) is 2.07. The molecule has 1 unspecified atom stereocenters. The Balaban J connectivity index is 1.68. The first-order chi connectivity index (χ1) is 15.5. The van der Waals surface area contributed by atoms with Crippen LogP contribution in [0.3, 0.4) is 0 Å². The number of hydrogen-bond donors (Lipinski definition) is 0. The summed E-state index contributed by atoms with van der Waals surface area (Å²) in [5.41, 5.74) is 2.94. The van der Waals surface area contributed by atoms with Gasteiger partial charge >= 0.3 is 0 Å². The van der Waals surface area contributed by atoms with E-state index in [1.54, 1.807) is 17.9 Å². The van der Waals surface area contributed by atoms with Crippen molar-refractivity contribution in [3.05, 3.63) is 100 Å². The molecule has 1 heterocycles. The number of nitro benzene ring substituents is 1. The molecule has 0 saturated heterocycles. The Hall–Kier alpha value is -4.00. The second kappa shape index (κ2) is 9.01. The van der Waals surface area contributed by atoms with Gasteiger partial charge in [-0.25, -0.2) is 0 Å². The van der Waals surface area contributed by atoms with Crippen LogP contribution in [0, 0.1) is 10.1 Å². The lowest BCUT2D eigenvalue weighted by Gasteiger charge is -2.36. The molecule has 0 bridgehead atoms. The van der Waals surface area contributed by atoms with Crippen molar-refractivity contribution in [3.8, 4) is 0 Å². The number of non-ortho nitro benzene ring substituents is 1. The molecule has 0 saturated carbocycles. The molecule has 1 atom stereocenters. The molecule has 0 N–H and O–H groups in total. The highest BCUT2D eigenvalue weighted by atomic mass is 16.6. The Kier molecular flexibility index (Phi) is 5.98. The van der Waals surface area contributed by atoms with Crippen molar-refractivity contribution in [1.29, 1.82) is 0 Å². The Bertz CT molecular complexity index is 1150. The summed E-state index contributed by atoms with van der Waals surface area (Å²) in [5, 5.41) is 11.2. The molecule has 7 nitrogen and oxygen atoms in total. The lowest BCUT2D eigenvalue weighted by Crippen LogP contribution is -2.51. The van der Waals surface area contributed by atoms with Gasteiger partial charge in [0, 0.05) is 29.9 Å². The third kappa shape index (κ3) is 4.23. The van der Waals surface area contributed by atoms with E-state index in [0.29, 0.717) is 24.2 Å². The number of nitrogens with zero attached hydrogens (tertiary/aromatic N) is 3. The van der Waals surface area contributed by atoms with Crippen molar-refractivity contribution in [3.63, 3.8) is 0 Å². The molecule has 1 aliphatic rings. The topological polar surface area (TPSA) is 83.8 Å². The zero-order valence-electron chi connectivity index (χ0n) is 17.7. The molecule has 0 aromatic heterocycles. The van der Waals surface area contributed by atoms with Gasteiger partial charge in [-0.3, -0.25) is 24.6 Å². The van der Waals surface area contributed by atoms with Crippen LogP contribution >= 0.6 is 0 Å². The van der Waals surface area contributed by atoms with Gasteiger partial charge in [0.1, 0.15) is 6.04 Å². The van der Waals surface area contributed by atoms with E-state index in [1.807, 2.05) is 60.7 Å². The minimum absolute atomic E-state index is 0.0213. The largest absolute Gasteiger partial charge is 0.306 e. The molecular weight excluding hydrogens is 406 g/mol. The molecule has 32 heavy (non-hydrogen) atoms. The first kappa shape index (κ1) is 21.2. The third-order valence-corrected chi connectivity index (χ3v) is 5.67. The summed E-state index contributed by atoms with van der Waals surface area (Å²) in [7, 11) is 0. The predicted octanol–water partition coefficient (Wildman–Crippen LogP) is 4.50. The predicted molar refractivity (Wildman–Crippen MR) is 122 cm³/mol. The first-order valence-electron chi connectivity index (χ1n) is 10.5. The first-order valence-corrected chi connectivity index (χ1v) is 10.5. The van der Waals surface area contributed by atoms with Crippen LogP contribution < -0.4 is 9.80 Å². The highest BCUT2D eigenvalue weighted by Crippen LogP contribution is 2.33. The van der Waals surface area contributed by atoms with Crippen LogP contribution in [0.25, 0.3) is 0 Å². The number of rotatable bonds is 6. The van der Waals surface area contributed by atoms with Crippen LogP contribution in [-0.4, -0.2) is 22.8 Å². The van der Waals surface area contributed by atoms with E-state index >= 15 is 0 Å². The van der Waals surface area contributed by atoms with Crippen LogP contribution in [0.1, 0.15) is 24.5 Å². The van der Waals surface area contributed by atoms with Crippen molar-refractivity contribution in [1.82, 2.24) is 0 Å². The molecule has 0 spiro atoms. The fourth-order valence-electron chi connectivity index (χ4n) is 4.05. The standard InChI is InChI=1S/C25H23N3O4/c1-18(27-23-14-13-22(28(31)32)16-20(23)12-15-24(27)29)25(30)26(21-10-6-3-7-11-21)17-19-8-4-2-5-9-19/h2-11,13-14,16,18H,12,15,17H2,1H3. The van der Waals surface area contributed by atoms with Crippen molar-refractivity contribution in [2.45, 2.75) is 32.4 Å². The van der Waals surface area contributed by atoms with E-state index in [9.17, 15) is 19.7 Å². The highest BCUT2D eigenvalue weighted by Gasteiger charge is 2.35. The average molecular weight is 429 g/mol. The fraction of sp³-hybridized carbons (Fsp3) is 0.200. The summed E-state index contributed by atoms with van der Waals surface area (Å²) >= 11 is 0. The summed E-state index contributed by atoms with van der Waals surface area (Å²) < 4.78 is 0. The second-order valence-electron chi connectivity index (χ2n) is 7.76. The van der Waals surface area contributed by atoms with E-state index < -0.39 is 11.0 Å². The zero-order chi connectivity index (χ0) is 22.7. The monoisotopic (exact) mass is 429 g/mol. The van der Waals surface area contributed by atoms with Crippen LogP contribution in [0.5, 0.6) is 0 Å². The maximum Gasteiger partial charge on any atom is 0.269 e. The number of benzene rings is 3. The molecule has 3 aromatic rings. The van der Waals surface area contributed by atoms with E-state index in [0.717, 1.165) is 11.3 Å². The number of aryl methyl sites for hydroxylation is 1. The number of nitro groups is 1. The number of carbonyl (C=O) groups is 2. The minimum Gasteiger partial charge on any atom is -0.306 e. The quantitative estimate of drug-likeness (QED) is 0.427. The molecule has 0 fully saturated rings. The maximum absolute atomic E-state index is 13.7. The van der Waals surface area contributed by atoms with Crippen molar-refractivity contribution in [2.75, 3.05) is 9.80 Å². The van der Waals surface area contributed by atoms with Crippen LogP contribution in [0.4, 0.5) is 17.1 Å². The van der Waals surface area contributed by atoms with Crippen LogP contribution in [0.2, 0.25) is 0 Å². The highest BCUT2D eigenvalue weighted by molar-refractivity contribution is 6.07. The molecule has 4 rings (SSSR count). The maximum atomic E-state index is 13.7. The lowest BCUT2D eigenvalue weighted by molar-refractivity contribution is -0.384. The normalized spacial score (nSPS) is 13.9. The van der Waals surface area contributed by atoms with Gasteiger partial charge < -0.3 is 4.90 Å². The Labute approximate surface area is 186 Å². The van der Waals surface area contributed by atoms with Gasteiger partial charge in [-0.05, 0) is 42.7 Å². The Morgan fingerprint density at radius 2 is 1.69 bits per heavy atom. The fourth-order valence-corrected chi connectivity index (χ4v) is 4.05. The summed E-state index contributed by atoms with van der Waals surface area (Å²) in [5.74, 6) is -0.389.